The first-order chi connectivity index (χ1) is 10.5. The Morgan fingerprint density at radius 2 is 2.18 bits per heavy atom. The van der Waals surface area contributed by atoms with E-state index in [1.807, 2.05) is 24.4 Å². The fourth-order valence-electron chi connectivity index (χ4n) is 1.75. The van der Waals surface area contributed by atoms with Crippen molar-refractivity contribution in [3.8, 4) is 0 Å². The van der Waals surface area contributed by atoms with Crippen LogP contribution in [-0.4, -0.2) is 18.5 Å². The maximum absolute atomic E-state index is 11.9. The minimum absolute atomic E-state index is 0.124. The summed E-state index contributed by atoms with van der Waals surface area (Å²) in [7, 11) is 0. The van der Waals surface area contributed by atoms with Crippen LogP contribution in [0.25, 0.3) is 0 Å². The third-order valence-electron chi connectivity index (χ3n) is 2.83. The normalized spacial score (nSPS) is 11.8. The molecule has 0 bridgehead atoms. The van der Waals surface area contributed by atoms with E-state index in [9.17, 15) is 9.59 Å². The van der Waals surface area contributed by atoms with Crippen LogP contribution in [0.4, 0.5) is 0 Å². The van der Waals surface area contributed by atoms with Crippen LogP contribution in [0.15, 0.2) is 40.2 Å². The zero-order chi connectivity index (χ0) is 16.1. The van der Waals surface area contributed by atoms with Crippen molar-refractivity contribution < 1.29 is 14.3 Å². The first kappa shape index (κ1) is 17.0. The number of carbonyl (C=O) groups is 2. The number of rotatable bonds is 5. The van der Waals surface area contributed by atoms with Gasteiger partial charge in [-0.25, -0.2) is 4.79 Å². The lowest BCUT2D eigenvalue weighted by molar-refractivity contribution is -0.124. The molecule has 1 amide bonds. The van der Waals surface area contributed by atoms with Gasteiger partial charge in [-0.15, -0.1) is 11.3 Å². The molecule has 0 saturated heterocycles. The Balaban J connectivity index is 1.88. The summed E-state index contributed by atoms with van der Waals surface area (Å²) < 4.78 is 5.70. The van der Waals surface area contributed by atoms with Crippen molar-refractivity contribution >= 4 is 50.7 Å². The van der Waals surface area contributed by atoms with E-state index in [4.69, 9.17) is 16.3 Å². The number of nitrogens with one attached hydrogen (secondary N) is 1. The number of hydrogen-bond acceptors (Lipinski definition) is 4. The molecule has 1 aromatic heterocycles. The average Bonchev–Trinajstić information content (AvgIpc) is 3.01. The predicted molar refractivity (Wildman–Crippen MR) is 90.3 cm³/mol. The molecule has 1 N–H and O–H groups in total. The molecule has 1 aromatic carbocycles. The molecule has 4 nitrogen and oxygen atoms in total. The molecule has 0 saturated carbocycles. The molecule has 0 aliphatic heterocycles. The fraction of sp³-hybridized carbons (Fsp3) is 0.200. The van der Waals surface area contributed by atoms with Crippen LogP contribution in [0.5, 0.6) is 0 Å². The standard InChI is InChI=1S/C15H13BrClNO3S/c1-9(13-3-2-6-22-13)18-14(19)8-21-15(20)11-7-10(16)4-5-12(11)17/h2-7,9H,8H2,1H3,(H,18,19). The quantitative estimate of drug-likeness (QED) is 0.763. The zero-order valence-electron chi connectivity index (χ0n) is 11.6. The minimum atomic E-state index is -0.634. The Morgan fingerprint density at radius 1 is 1.41 bits per heavy atom. The van der Waals surface area contributed by atoms with Crippen molar-refractivity contribution in [3.05, 3.63) is 55.6 Å². The number of halogens is 2. The van der Waals surface area contributed by atoms with E-state index < -0.39 is 5.97 Å². The van der Waals surface area contributed by atoms with Crippen LogP contribution in [0.1, 0.15) is 28.2 Å². The maximum Gasteiger partial charge on any atom is 0.340 e. The molecule has 0 fully saturated rings. The lowest BCUT2D eigenvalue weighted by atomic mass is 10.2. The van der Waals surface area contributed by atoms with Crippen molar-refractivity contribution in [2.24, 2.45) is 0 Å². The van der Waals surface area contributed by atoms with E-state index in [-0.39, 0.29) is 29.1 Å². The summed E-state index contributed by atoms with van der Waals surface area (Å²) in [5.74, 6) is -0.995. The molecule has 2 rings (SSSR count). The molecule has 22 heavy (non-hydrogen) atoms. The van der Waals surface area contributed by atoms with E-state index >= 15 is 0 Å². The number of thiophene rings is 1. The third kappa shape index (κ3) is 4.56. The number of carbonyl (C=O) groups excluding carboxylic acids is 2. The third-order valence-corrected chi connectivity index (χ3v) is 4.71. The predicted octanol–water partition coefficient (Wildman–Crippen LogP) is 4.20. The summed E-state index contributed by atoms with van der Waals surface area (Å²) in [6, 6.07) is 8.58. The van der Waals surface area contributed by atoms with E-state index in [2.05, 4.69) is 21.2 Å². The van der Waals surface area contributed by atoms with Crippen LogP contribution in [0.3, 0.4) is 0 Å². The highest BCUT2D eigenvalue weighted by atomic mass is 79.9. The van der Waals surface area contributed by atoms with E-state index in [0.717, 1.165) is 4.88 Å². The monoisotopic (exact) mass is 401 g/mol. The van der Waals surface area contributed by atoms with Crippen LogP contribution < -0.4 is 5.32 Å². The fourth-order valence-corrected chi connectivity index (χ4v) is 3.04. The molecule has 0 radical (unpaired) electrons. The van der Waals surface area contributed by atoms with Gasteiger partial charge in [-0.1, -0.05) is 33.6 Å². The molecule has 1 heterocycles. The molecule has 1 unspecified atom stereocenters. The molecule has 0 spiro atoms. The van der Waals surface area contributed by atoms with Gasteiger partial charge in [-0.05, 0) is 36.6 Å². The molecule has 2 aromatic rings. The van der Waals surface area contributed by atoms with Gasteiger partial charge in [0.2, 0.25) is 0 Å². The molecular weight excluding hydrogens is 390 g/mol. The van der Waals surface area contributed by atoms with Crippen LogP contribution in [0.2, 0.25) is 5.02 Å². The lowest BCUT2D eigenvalue weighted by Gasteiger charge is -2.12. The smallest absolute Gasteiger partial charge is 0.340 e. The summed E-state index contributed by atoms with van der Waals surface area (Å²) in [5.41, 5.74) is 0.218. The summed E-state index contributed by atoms with van der Waals surface area (Å²) in [6.45, 7) is 1.52. The highest BCUT2D eigenvalue weighted by Gasteiger charge is 2.16. The van der Waals surface area contributed by atoms with Crippen LogP contribution in [0, 0.1) is 0 Å². The number of amides is 1. The van der Waals surface area contributed by atoms with Gasteiger partial charge in [0.05, 0.1) is 16.6 Å². The summed E-state index contributed by atoms with van der Waals surface area (Å²) in [6.07, 6.45) is 0. The second-order valence-corrected chi connectivity index (χ2v) is 6.81. The van der Waals surface area contributed by atoms with Crippen molar-refractivity contribution in [3.63, 3.8) is 0 Å². The molecule has 1 atom stereocenters. The average molecular weight is 403 g/mol. The van der Waals surface area contributed by atoms with Gasteiger partial charge in [-0.3, -0.25) is 4.79 Å². The first-order valence-corrected chi connectivity index (χ1v) is 8.47. The van der Waals surface area contributed by atoms with Gasteiger partial charge in [0.25, 0.3) is 5.91 Å². The number of esters is 1. The van der Waals surface area contributed by atoms with Crippen LogP contribution in [-0.2, 0) is 9.53 Å². The largest absolute Gasteiger partial charge is 0.452 e. The van der Waals surface area contributed by atoms with Gasteiger partial charge >= 0.3 is 5.97 Å². The van der Waals surface area contributed by atoms with Gasteiger partial charge in [-0.2, -0.15) is 0 Å². The first-order valence-electron chi connectivity index (χ1n) is 6.42. The zero-order valence-corrected chi connectivity index (χ0v) is 14.8. The second kappa shape index (κ2) is 7.76. The number of hydrogen-bond donors (Lipinski definition) is 1. The Morgan fingerprint density at radius 3 is 2.86 bits per heavy atom. The van der Waals surface area contributed by atoms with E-state index in [1.165, 1.54) is 0 Å². The SMILES string of the molecule is CC(NC(=O)COC(=O)c1cc(Br)ccc1Cl)c1cccs1. The molecule has 0 aliphatic rings. The summed E-state index contributed by atoms with van der Waals surface area (Å²) in [4.78, 5) is 24.8. The topological polar surface area (TPSA) is 55.4 Å². The van der Waals surface area contributed by atoms with Crippen molar-refractivity contribution in [2.45, 2.75) is 13.0 Å². The van der Waals surface area contributed by atoms with Crippen LogP contribution >= 0.6 is 38.9 Å². The Bertz CT molecular complexity index is 675. The maximum atomic E-state index is 11.9. The molecule has 7 heteroatoms. The second-order valence-electron chi connectivity index (χ2n) is 4.50. The number of benzene rings is 1. The van der Waals surface area contributed by atoms with Gasteiger partial charge < -0.3 is 10.1 Å². The van der Waals surface area contributed by atoms with E-state index in [0.29, 0.717) is 4.47 Å². The molecule has 116 valence electrons. The minimum Gasteiger partial charge on any atom is -0.452 e. The Hall–Kier alpha value is -1.37. The highest BCUT2D eigenvalue weighted by Crippen LogP contribution is 2.22. The summed E-state index contributed by atoms with van der Waals surface area (Å²) in [5, 5.41) is 4.98. The van der Waals surface area contributed by atoms with E-state index in [1.54, 1.807) is 29.5 Å². The van der Waals surface area contributed by atoms with Gasteiger partial charge in [0.15, 0.2) is 6.61 Å². The Kier molecular flexibility index (Phi) is 5.99. The molecular formula is C15H13BrClNO3S. The Labute approximate surface area is 145 Å². The lowest BCUT2D eigenvalue weighted by Crippen LogP contribution is -2.30. The van der Waals surface area contributed by atoms with Crippen molar-refractivity contribution in [1.82, 2.24) is 5.32 Å². The van der Waals surface area contributed by atoms with Gasteiger partial charge in [0, 0.05) is 9.35 Å². The summed E-state index contributed by atoms with van der Waals surface area (Å²) >= 11 is 10.7. The van der Waals surface area contributed by atoms with Crippen molar-refractivity contribution in [2.75, 3.05) is 6.61 Å². The van der Waals surface area contributed by atoms with Crippen molar-refractivity contribution in [1.29, 1.82) is 0 Å². The van der Waals surface area contributed by atoms with Gasteiger partial charge in [0.1, 0.15) is 0 Å². The number of ether oxygens (including phenoxy) is 1. The highest BCUT2D eigenvalue weighted by molar-refractivity contribution is 9.10. The molecule has 0 aliphatic carbocycles.